The lowest BCUT2D eigenvalue weighted by Crippen LogP contribution is -2.03. The Bertz CT molecular complexity index is 4240. The molecule has 0 bridgehead atoms. The first-order valence-corrected chi connectivity index (χ1v) is 38.2. The van der Waals surface area contributed by atoms with Crippen molar-refractivity contribution in [3.05, 3.63) is 256 Å². The van der Waals surface area contributed by atoms with E-state index >= 15 is 0 Å². The summed E-state index contributed by atoms with van der Waals surface area (Å²) in [5.41, 5.74) is 66.8. The summed E-state index contributed by atoms with van der Waals surface area (Å²) in [4.78, 5) is 0. The summed E-state index contributed by atoms with van der Waals surface area (Å²) in [6.07, 6.45) is 0. The van der Waals surface area contributed by atoms with Gasteiger partial charge < -0.3 is 0 Å². The highest BCUT2D eigenvalue weighted by Crippen LogP contribution is 2.44. The number of benzene rings is 11. The van der Waals surface area contributed by atoms with Crippen LogP contribution in [-0.4, -0.2) is 0 Å². The van der Waals surface area contributed by atoms with E-state index in [1.807, 2.05) is 0 Å². The highest BCUT2D eigenvalue weighted by Gasteiger charge is 2.23. The molecular weight excluding hydrogens is 1230 g/mol. The van der Waals surface area contributed by atoms with Gasteiger partial charge in [-0.2, -0.15) is 0 Å². The molecule has 11 rings (SSSR count). The number of aryl methyl sites for hydroxylation is 18. The Morgan fingerprint density at radius 2 is 0.0882 bits per heavy atom. The van der Waals surface area contributed by atoms with Gasteiger partial charge in [0.25, 0.3) is 0 Å². The predicted octanol–water partition coefficient (Wildman–Crippen LogP) is 30.1. The summed E-state index contributed by atoms with van der Waals surface area (Å²) in [7, 11) is 0. The molecule has 0 aliphatic heterocycles. The van der Waals surface area contributed by atoms with Crippen molar-refractivity contribution in [2.75, 3.05) is 0 Å². The molecule has 0 N–H and O–H groups in total. The molecule has 0 heterocycles. The van der Waals surface area contributed by atoms with Gasteiger partial charge in [0.15, 0.2) is 0 Å². The van der Waals surface area contributed by atoms with Crippen molar-refractivity contribution in [2.45, 2.75) is 318 Å². The van der Waals surface area contributed by atoms with E-state index in [1.165, 1.54) is 310 Å². The first kappa shape index (κ1) is 83.7. The molecule has 0 saturated heterocycles. The zero-order valence-corrected chi connectivity index (χ0v) is 74.0. The van der Waals surface area contributed by atoms with Crippen LogP contribution >= 0.6 is 0 Å². The Kier molecular flexibility index (Phi) is 25.6. The number of hydrogen-bond acceptors (Lipinski definition) is 0. The molecule has 0 unspecified atom stereocenters. The zero-order chi connectivity index (χ0) is 78.3. The molecule has 546 valence electrons. The molecule has 0 aliphatic rings. The summed E-state index contributed by atoms with van der Waals surface area (Å²) < 4.78 is 0. The van der Waals surface area contributed by atoms with Gasteiger partial charge in [0.1, 0.15) is 0 Å². The fraction of sp³-hybridized carbons (Fsp3) is 0.451. The van der Waals surface area contributed by atoms with Crippen LogP contribution in [0.5, 0.6) is 0 Å². The molecule has 0 aromatic heterocycles. The van der Waals surface area contributed by atoms with Crippen LogP contribution in [0.4, 0.5) is 0 Å². The Balaban J connectivity index is 0.000000195. The SMILES string of the molecule is Cc1c(C)c(C)c(C)c(C)c1C.Cc1c(C)c(C)c(C)c(C)c1C.Cc1c(C)c(C)c2c(C)c(C)c(C)c(C)c2c1C.Cc1c(C)c(C)c2c(C)c(C)c(C)c(C)c2c1C.Cc1c(C)c(C)c2c(C)c(C)c(C)c(C)c2c1C.Cc1c(C)c(C)c2c(C)c3c(C)c(C)c(C)c(C)c3c(C)c2c1C. The van der Waals surface area contributed by atoms with Gasteiger partial charge in [-0.25, -0.2) is 0 Å². The molecule has 11 aromatic carbocycles. The fourth-order valence-corrected chi connectivity index (χ4v) is 17.7. The van der Waals surface area contributed by atoms with E-state index in [2.05, 4.69) is 318 Å². The molecular formula is C102H138. The van der Waals surface area contributed by atoms with Gasteiger partial charge in [-0.1, -0.05) is 0 Å². The Morgan fingerprint density at radius 3 is 0.147 bits per heavy atom. The standard InChI is InChI=1S/C24H30.3C18H24.2C12H18/c1-11-12(2)16(6)22-20(10)24-18(8)14(4)13(3)17(7)23(24)19(9)21(22)15(11)5;3*1-9-10(2)14(6)18-16(8)12(4)11(3)15(7)17(18)13(9)5;2*1-7-8(2)10(4)12(6)11(5)9(7)3/h1-10H3;3*1-8H3;2*1-6H3. The Morgan fingerprint density at radius 1 is 0.0490 bits per heavy atom. The number of fused-ring (bicyclic) bond motifs is 5. The summed E-state index contributed by atoms with van der Waals surface area (Å²) in [5.74, 6) is 0. The van der Waals surface area contributed by atoms with Gasteiger partial charge in [0.2, 0.25) is 0 Å². The van der Waals surface area contributed by atoms with Gasteiger partial charge in [-0.05, 0) is 628 Å². The van der Waals surface area contributed by atoms with E-state index in [0.29, 0.717) is 0 Å². The third-order valence-corrected chi connectivity index (χ3v) is 29.0. The highest BCUT2D eigenvalue weighted by molar-refractivity contribution is 6.11. The van der Waals surface area contributed by atoms with Crippen LogP contribution in [0, 0.1) is 318 Å². The molecule has 0 radical (unpaired) electrons. The Hall–Kier alpha value is -7.28. The largest absolute Gasteiger partial charge is 0.0447 e. The molecule has 0 saturated carbocycles. The van der Waals surface area contributed by atoms with Crippen LogP contribution in [0.1, 0.15) is 256 Å². The van der Waals surface area contributed by atoms with Crippen molar-refractivity contribution < 1.29 is 0 Å². The van der Waals surface area contributed by atoms with Crippen molar-refractivity contribution in [3.8, 4) is 0 Å². The summed E-state index contributed by atoms with van der Waals surface area (Å²) in [5, 5.41) is 14.8. The molecule has 0 amide bonds. The van der Waals surface area contributed by atoms with Crippen LogP contribution in [0.25, 0.3) is 53.9 Å². The lowest BCUT2D eigenvalue weighted by atomic mass is 9.80. The van der Waals surface area contributed by atoms with Crippen LogP contribution in [0.2, 0.25) is 0 Å². The molecule has 11 aromatic rings. The first-order valence-electron chi connectivity index (χ1n) is 38.2. The van der Waals surface area contributed by atoms with Crippen LogP contribution in [0.3, 0.4) is 0 Å². The van der Waals surface area contributed by atoms with Gasteiger partial charge in [0, 0.05) is 0 Å². The van der Waals surface area contributed by atoms with Gasteiger partial charge in [0.05, 0.1) is 0 Å². The van der Waals surface area contributed by atoms with Crippen molar-refractivity contribution in [1.82, 2.24) is 0 Å². The smallest absolute Gasteiger partial charge is 0.0111 e. The zero-order valence-electron chi connectivity index (χ0n) is 74.0. The predicted molar refractivity (Wildman–Crippen MR) is 464 cm³/mol. The maximum Gasteiger partial charge on any atom is -0.0111 e. The van der Waals surface area contributed by atoms with Gasteiger partial charge in [-0.3, -0.25) is 0 Å². The summed E-state index contributed by atoms with van der Waals surface area (Å²) >= 11 is 0. The van der Waals surface area contributed by atoms with Gasteiger partial charge in [-0.15, -0.1) is 0 Å². The number of rotatable bonds is 0. The minimum atomic E-state index is 1.44. The molecule has 0 fully saturated rings. The van der Waals surface area contributed by atoms with E-state index in [0.717, 1.165) is 0 Å². The first-order chi connectivity index (χ1) is 46.9. The van der Waals surface area contributed by atoms with Crippen molar-refractivity contribution in [3.63, 3.8) is 0 Å². The normalized spacial score (nSPS) is 11.2. The molecule has 0 spiro atoms. The van der Waals surface area contributed by atoms with E-state index in [-0.39, 0.29) is 0 Å². The second kappa shape index (κ2) is 31.2. The fourth-order valence-electron chi connectivity index (χ4n) is 17.7. The average molecular weight is 1360 g/mol. The minimum Gasteiger partial charge on any atom is -0.0447 e. The summed E-state index contributed by atoms with van der Waals surface area (Å²) in [6.45, 7) is 104. The van der Waals surface area contributed by atoms with E-state index in [1.54, 1.807) is 0 Å². The van der Waals surface area contributed by atoms with Crippen LogP contribution in [0.15, 0.2) is 0 Å². The maximum atomic E-state index is 2.33. The monoisotopic (exact) mass is 1360 g/mol. The van der Waals surface area contributed by atoms with Crippen LogP contribution in [-0.2, 0) is 0 Å². The second-order valence-electron chi connectivity index (χ2n) is 32.5. The molecule has 102 heavy (non-hydrogen) atoms. The molecule has 0 atom stereocenters. The third kappa shape index (κ3) is 13.9. The molecule has 0 heteroatoms. The van der Waals surface area contributed by atoms with Gasteiger partial charge >= 0.3 is 0 Å². The lowest BCUT2D eigenvalue weighted by Gasteiger charge is -2.24. The van der Waals surface area contributed by atoms with Crippen LogP contribution < -0.4 is 0 Å². The van der Waals surface area contributed by atoms with Crippen molar-refractivity contribution >= 4 is 53.9 Å². The van der Waals surface area contributed by atoms with Crippen molar-refractivity contribution in [1.29, 1.82) is 0 Å². The quantitative estimate of drug-likeness (QED) is 0.133. The minimum absolute atomic E-state index is 1.44. The third-order valence-electron chi connectivity index (χ3n) is 29.0. The van der Waals surface area contributed by atoms with Crippen molar-refractivity contribution in [2.24, 2.45) is 0 Å². The topological polar surface area (TPSA) is 0 Å². The van der Waals surface area contributed by atoms with E-state index in [4.69, 9.17) is 0 Å². The van der Waals surface area contributed by atoms with E-state index < -0.39 is 0 Å². The highest BCUT2D eigenvalue weighted by atomic mass is 14.3. The molecule has 0 aliphatic carbocycles. The Labute approximate surface area is 624 Å². The molecule has 0 nitrogen and oxygen atoms in total. The summed E-state index contributed by atoms with van der Waals surface area (Å²) in [6, 6.07) is 0. The van der Waals surface area contributed by atoms with E-state index in [9.17, 15) is 0 Å². The second-order valence-corrected chi connectivity index (χ2v) is 32.5. The maximum absolute atomic E-state index is 2.33. The lowest BCUT2D eigenvalue weighted by molar-refractivity contribution is 1.13. The average Bonchev–Trinajstić information content (AvgIpc) is 0.720. The number of hydrogen-bond donors (Lipinski definition) is 0.